The molecule has 2 heterocycles. The van der Waals surface area contributed by atoms with Gasteiger partial charge in [0.2, 0.25) is 0 Å². The SMILES string of the molecule is O=C(O)C1CCCCN1S(=O)(=O)Nc1ccnc(Cl)c1. The van der Waals surface area contributed by atoms with Crippen LogP contribution in [0.1, 0.15) is 19.3 Å². The number of carboxylic acids is 1. The number of piperidine rings is 1. The van der Waals surface area contributed by atoms with Crippen LogP contribution in [0.3, 0.4) is 0 Å². The summed E-state index contributed by atoms with van der Waals surface area (Å²) in [6.45, 7) is 0.186. The van der Waals surface area contributed by atoms with Crippen molar-refractivity contribution >= 4 is 33.5 Å². The second kappa shape index (κ2) is 5.94. The van der Waals surface area contributed by atoms with Crippen LogP contribution in [-0.4, -0.2) is 41.4 Å². The van der Waals surface area contributed by atoms with Crippen molar-refractivity contribution in [3.8, 4) is 0 Å². The Labute approximate surface area is 121 Å². The number of rotatable bonds is 4. The van der Waals surface area contributed by atoms with Crippen molar-refractivity contribution < 1.29 is 18.3 Å². The summed E-state index contributed by atoms with van der Waals surface area (Å²) in [5.41, 5.74) is 0.250. The molecule has 20 heavy (non-hydrogen) atoms. The molecular formula is C11H14ClN3O4S. The number of carbonyl (C=O) groups is 1. The molecule has 0 saturated carbocycles. The molecule has 0 amide bonds. The van der Waals surface area contributed by atoms with E-state index in [0.29, 0.717) is 19.3 Å². The Balaban J connectivity index is 2.22. The number of anilines is 1. The number of nitrogens with one attached hydrogen (secondary N) is 1. The van der Waals surface area contributed by atoms with Crippen molar-refractivity contribution in [1.82, 2.24) is 9.29 Å². The standard InChI is InChI=1S/C11H14ClN3O4S/c12-10-7-8(4-5-13-10)14-20(18,19)15-6-2-1-3-9(15)11(16)17/h4-5,7,9H,1-3,6H2,(H,13,14)(H,16,17). The minimum absolute atomic E-state index is 0.152. The van der Waals surface area contributed by atoms with Gasteiger partial charge in [-0.25, -0.2) is 4.98 Å². The number of aliphatic carboxylic acids is 1. The van der Waals surface area contributed by atoms with Gasteiger partial charge in [-0.1, -0.05) is 11.6 Å². The Morgan fingerprint density at radius 3 is 2.90 bits per heavy atom. The van der Waals surface area contributed by atoms with Crippen LogP contribution in [-0.2, 0) is 15.0 Å². The van der Waals surface area contributed by atoms with E-state index in [1.54, 1.807) is 0 Å². The maximum atomic E-state index is 12.3. The Morgan fingerprint density at radius 2 is 2.25 bits per heavy atom. The predicted octanol–water partition coefficient (Wildman–Crippen LogP) is 1.33. The van der Waals surface area contributed by atoms with Gasteiger partial charge in [-0.05, 0) is 31.4 Å². The van der Waals surface area contributed by atoms with E-state index in [1.807, 2.05) is 0 Å². The second-order valence-electron chi connectivity index (χ2n) is 4.43. The van der Waals surface area contributed by atoms with Crippen LogP contribution >= 0.6 is 11.6 Å². The van der Waals surface area contributed by atoms with Crippen molar-refractivity contribution in [1.29, 1.82) is 0 Å². The Morgan fingerprint density at radius 1 is 1.50 bits per heavy atom. The molecule has 1 aromatic heterocycles. The quantitative estimate of drug-likeness (QED) is 0.816. The second-order valence-corrected chi connectivity index (χ2v) is 6.45. The molecule has 1 aliphatic rings. The highest BCUT2D eigenvalue weighted by Gasteiger charge is 2.36. The van der Waals surface area contributed by atoms with Gasteiger partial charge in [-0.3, -0.25) is 9.52 Å². The van der Waals surface area contributed by atoms with Crippen molar-refractivity contribution in [2.75, 3.05) is 11.3 Å². The van der Waals surface area contributed by atoms with Gasteiger partial charge in [0.05, 0.1) is 5.69 Å². The van der Waals surface area contributed by atoms with E-state index < -0.39 is 22.2 Å². The molecule has 9 heteroatoms. The molecule has 1 saturated heterocycles. The van der Waals surface area contributed by atoms with Crippen molar-refractivity contribution in [3.05, 3.63) is 23.5 Å². The third-order valence-electron chi connectivity index (χ3n) is 3.02. The first-order chi connectivity index (χ1) is 9.40. The number of carboxylic acid groups (broad SMARTS) is 1. The normalized spacial score (nSPS) is 20.6. The average molecular weight is 320 g/mol. The first-order valence-electron chi connectivity index (χ1n) is 6.04. The summed E-state index contributed by atoms with van der Waals surface area (Å²) in [5.74, 6) is -1.14. The van der Waals surface area contributed by atoms with E-state index in [4.69, 9.17) is 16.7 Å². The molecule has 0 aromatic carbocycles. The summed E-state index contributed by atoms with van der Waals surface area (Å²) in [4.78, 5) is 14.9. The smallest absolute Gasteiger partial charge is 0.322 e. The molecule has 7 nitrogen and oxygen atoms in total. The highest BCUT2D eigenvalue weighted by molar-refractivity contribution is 7.90. The van der Waals surface area contributed by atoms with Crippen molar-refractivity contribution in [2.45, 2.75) is 25.3 Å². The zero-order chi connectivity index (χ0) is 14.8. The molecule has 110 valence electrons. The number of nitrogens with zero attached hydrogens (tertiary/aromatic N) is 2. The largest absolute Gasteiger partial charge is 0.480 e. The van der Waals surface area contributed by atoms with Crippen molar-refractivity contribution in [3.63, 3.8) is 0 Å². The van der Waals surface area contributed by atoms with Crippen LogP contribution in [0.2, 0.25) is 5.15 Å². The summed E-state index contributed by atoms with van der Waals surface area (Å²) in [6, 6.07) is 1.78. The first-order valence-corrected chi connectivity index (χ1v) is 7.86. The monoisotopic (exact) mass is 319 g/mol. The minimum atomic E-state index is -3.93. The highest BCUT2D eigenvalue weighted by Crippen LogP contribution is 2.22. The predicted molar refractivity (Wildman–Crippen MR) is 73.8 cm³/mol. The summed E-state index contributed by atoms with van der Waals surface area (Å²) in [5, 5.41) is 9.27. The topological polar surface area (TPSA) is 99.6 Å². The maximum absolute atomic E-state index is 12.3. The van der Waals surface area contributed by atoms with Crippen LogP contribution in [0.15, 0.2) is 18.3 Å². The molecule has 1 aromatic rings. The van der Waals surface area contributed by atoms with Crippen LogP contribution in [0.25, 0.3) is 0 Å². The van der Waals surface area contributed by atoms with Gasteiger partial charge in [0.1, 0.15) is 11.2 Å². The molecule has 0 aliphatic carbocycles. The number of hydrogen-bond acceptors (Lipinski definition) is 4. The van der Waals surface area contributed by atoms with Crippen LogP contribution in [0.4, 0.5) is 5.69 Å². The Bertz CT molecular complexity index is 607. The molecule has 1 aliphatic heterocycles. The van der Waals surface area contributed by atoms with E-state index in [1.165, 1.54) is 18.3 Å². The average Bonchev–Trinajstić information content (AvgIpc) is 2.38. The number of pyridine rings is 1. The molecule has 2 rings (SSSR count). The molecule has 1 atom stereocenters. The van der Waals surface area contributed by atoms with E-state index in [0.717, 1.165) is 4.31 Å². The third-order valence-corrected chi connectivity index (χ3v) is 4.78. The summed E-state index contributed by atoms with van der Waals surface area (Å²) in [6.07, 6.45) is 3.02. The molecule has 1 unspecified atom stereocenters. The lowest BCUT2D eigenvalue weighted by molar-refractivity contribution is -0.142. The number of aromatic nitrogens is 1. The number of hydrogen-bond donors (Lipinski definition) is 2. The van der Waals surface area contributed by atoms with Gasteiger partial charge in [-0.15, -0.1) is 0 Å². The summed E-state index contributed by atoms with van der Waals surface area (Å²) < 4.78 is 27.8. The summed E-state index contributed by atoms with van der Waals surface area (Å²) >= 11 is 5.68. The lowest BCUT2D eigenvalue weighted by Gasteiger charge is -2.31. The zero-order valence-corrected chi connectivity index (χ0v) is 12.1. The fourth-order valence-electron chi connectivity index (χ4n) is 2.11. The molecular weight excluding hydrogens is 306 g/mol. The van der Waals surface area contributed by atoms with Crippen LogP contribution < -0.4 is 4.72 Å². The Kier molecular flexibility index (Phi) is 4.46. The van der Waals surface area contributed by atoms with E-state index in [2.05, 4.69) is 9.71 Å². The van der Waals surface area contributed by atoms with Gasteiger partial charge in [0, 0.05) is 12.7 Å². The van der Waals surface area contributed by atoms with Crippen LogP contribution in [0.5, 0.6) is 0 Å². The van der Waals surface area contributed by atoms with E-state index >= 15 is 0 Å². The van der Waals surface area contributed by atoms with Gasteiger partial charge in [-0.2, -0.15) is 12.7 Å². The van der Waals surface area contributed by atoms with Crippen LogP contribution in [0, 0.1) is 0 Å². The molecule has 0 bridgehead atoms. The van der Waals surface area contributed by atoms with E-state index in [9.17, 15) is 13.2 Å². The third kappa shape index (κ3) is 3.38. The van der Waals surface area contributed by atoms with Gasteiger partial charge in [0.15, 0.2) is 0 Å². The lowest BCUT2D eigenvalue weighted by atomic mass is 10.1. The van der Waals surface area contributed by atoms with E-state index in [-0.39, 0.29) is 17.4 Å². The van der Waals surface area contributed by atoms with Gasteiger partial charge in [0.25, 0.3) is 0 Å². The highest BCUT2D eigenvalue weighted by atomic mass is 35.5. The minimum Gasteiger partial charge on any atom is -0.480 e. The fraction of sp³-hybridized carbons (Fsp3) is 0.455. The zero-order valence-electron chi connectivity index (χ0n) is 10.5. The number of halogens is 1. The molecule has 0 radical (unpaired) electrons. The first kappa shape index (κ1) is 15.0. The summed E-state index contributed by atoms with van der Waals surface area (Å²) in [7, 11) is -3.93. The van der Waals surface area contributed by atoms with Crippen molar-refractivity contribution in [2.24, 2.45) is 0 Å². The lowest BCUT2D eigenvalue weighted by Crippen LogP contribution is -2.49. The van der Waals surface area contributed by atoms with Gasteiger partial charge >= 0.3 is 16.2 Å². The molecule has 0 spiro atoms. The molecule has 1 fully saturated rings. The Hall–Kier alpha value is -1.38. The van der Waals surface area contributed by atoms with Gasteiger partial charge < -0.3 is 5.11 Å². The molecule has 2 N–H and O–H groups in total. The fourth-order valence-corrected chi connectivity index (χ4v) is 3.73. The maximum Gasteiger partial charge on any atom is 0.322 e.